The molecule has 0 bridgehead atoms. The molecule has 2 aromatic rings. The number of urea groups is 1. The number of amides is 2. The van der Waals surface area contributed by atoms with Crippen LogP contribution in [0.5, 0.6) is 0 Å². The van der Waals surface area contributed by atoms with Crippen molar-refractivity contribution in [2.45, 2.75) is 76.4 Å². The zero-order valence-electron chi connectivity index (χ0n) is 20.6. The van der Waals surface area contributed by atoms with E-state index in [0.717, 1.165) is 49.7 Å². The van der Waals surface area contributed by atoms with Crippen LogP contribution in [0, 0.1) is 0 Å². The normalized spacial score (nSPS) is 14.9. The number of carbonyl (C=O) groups excluding carboxylic acids is 1. The fourth-order valence-corrected chi connectivity index (χ4v) is 5.76. The third-order valence-electron chi connectivity index (χ3n) is 6.33. The van der Waals surface area contributed by atoms with Gasteiger partial charge in [-0.25, -0.2) is 17.2 Å². The van der Waals surface area contributed by atoms with E-state index in [1.54, 1.807) is 13.8 Å². The summed E-state index contributed by atoms with van der Waals surface area (Å²) in [5, 5.41) is 6.51. The second-order valence-corrected chi connectivity index (χ2v) is 10.9. The number of nitrogens with zero attached hydrogens (tertiary/aromatic N) is 4. The van der Waals surface area contributed by atoms with Gasteiger partial charge in [-0.3, -0.25) is 14.4 Å². The van der Waals surface area contributed by atoms with Gasteiger partial charge in [0, 0.05) is 12.6 Å². The van der Waals surface area contributed by atoms with E-state index in [0.29, 0.717) is 11.4 Å². The van der Waals surface area contributed by atoms with Gasteiger partial charge in [0.15, 0.2) is 11.1 Å². The zero-order chi connectivity index (χ0) is 24.6. The van der Waals surface area contributed by atoms with Crippen molar-refractivity contribution in [3.63, 3.8) is 0 Å². The molecule has 0 saturated heterocycles. The SMILES string of the molecule is CC(C)n1nc(S(=O)(=O)[N-]C(=O)Nc2c3c(cc4c2CCC4)CCC3)cc1CN(C)CC(F)F.[Na+]. The number of rotatable bonds is 8. The summed E-state index contributed by atoms with van der Waals surface area (Å²) in [6, 6.07) is 2.36. The molecule has 0 radical (unpaired) electrons. The van der Waals surface area contributed by atoms with Gasteiger partial charge in [-0.2, -0.15) is 5.10 Å². The van der Waals surface area contributed by atoms with E-state index in [4.69, 9.17) is 0 Å². The Morgan fingerprint density at radius 2 is 1.74 bits per heavy atom. The number of halogens is 2. The number of benzene rings is 1. The molecule has 0 spiro atoms. The van der Waals surface area contributed by atoms with Gasteiger partial charge in [0.1, 0.15) is 0 Å². The van der Waals surface area contributed by atoms with Crippen LogP contribution in [-0.2, 0) is 42.3 Å². The average molecular weight is 518 g/mol. The summed E-state index contributed by atoms with van der Waals surface area (Å²) in [5.41, 5.74) is 5.75. The molecule has 1 heterocycles. The topological polar surface area (TPSA) is 98.4 Å². The van der Waals surface area contributed by atoms with Crippen molar-refractivity contribution in [1.82, 2.24) is 14.7 Å². The summed E-state index contributed by atoms with van der Waals surface area (Å²) in [7, 11) is -2.87. The molecule has 2 amide bonds. The molecule has 2 aliphatic carbocycles. The standard InChI is InChI=1S/C23H31F2N5O3S.Na/c1-14(2)30-17(12-29(3)13-20(24)25)11-21(27-30)34(32,33)28-23(31)26-22-18-8-4-6-15(18)10-16-7-5-9-19(16)22;/h10-11,14,20H,4-9,12-13H2,1-3H3,(H2,26,28,31);/q;+1/p-1. The maximum absolute atomic E-state index is 12.9. The zero-order valence-corrected chi connectivity index (χ0v) is 23.5. The number of nitrogens with one attached hydrogen (secondary N) is 1. The fourth-order valence-electron chi connectivity index (χ4n) is 4.93. The van der Waals surface area contributed by atoms with Crippen LogP contribution in [0.2, 0.25) is 0 Å². The van der Waals surface area contributed by atoms with E-state index in [-0.39, 0.29) is 47.2 Å². The van der Waals surface area contributed by atoms with Gasteiger partial charge in [0.25, 0.3) is 6.43 Å². The molecule has 1 N–H and O–H groups in total. The Morgan fingerprint density at radius 1 is 1.14 bits per heavy atom. The molecule has 12 heteroatoms. The quantitative estimate of drug-likeness (QED) is 0.535. The first-order valence-electron chi connectivity index (χ1n) is 11.6. The molecular weight excluding hydrogens is 487 g/mol. The molecule has 0 unspecified atom stereocenters. The Hall–Kier alpha value is -1.53. The average Bonchev–Trinajstić information content (AvgIpc) is 3.45. The summed E-state index contributed by atoms with van der Waals surface area (Å²) in [5.74, 6) is 0. The largest absolute Gasteiger partial charge is 1.00 e. The fraction of sp³-hybridized carbons (Fsp3) is 0.565. The summed E-state index contributed by atoms with van der Waals surface area (Å²) < 4.78 is 56.2. The van der Waals surface area contributed by atoms with Gasteiger partial charge in [-0.15, -0.1) is 0 Å². The molecule has 186 valence electrons. The Bertz CT molecular complexity index is 1170. The second kappa shape index (κ2) is 11.2. The number of hydrogen-bond donors (Lipinski definition) is 1. The molecule has 2 aliphatic rings. The van der Waals surface area contributed by atoms with E-state index >= 15 is 0 Å². The molecular formula is C23H30F2N5NaO3S. The third-order valence-corrected chi connectivity index (χ3v) is 7.47. The van der Waals surface area contributed by atoms with Crippen LogP contribution in [0.15, 0.2) is 17.2 Å². The summed E-state index contributed by atoms with van der Waals surface area (Å²) in [6.45, 7) is 3.24. The van der Waals surface area contributed by atoms with Crippen LogP contribution in [0.25, 0.3) is 4.72 Å². The predicted octanol–water partition coefficient (Wildman–Crippen LogP) is 1.44. The monoisotopic (exact) mass is 517 g/mol. The van der Waals surface area contributed by atoms with Crippen LogP contribution in [0.1, 0.15) is 60.7 Å². The molecule has 35 heavy (non-hydrogen) atoms. The molecule has 4 rings (SSSR count). The van der Waals surface area contributed by atoms with E-state index in [9.17, 15) is 22.0 Å². The van der Waals surface area contributed by atoms with Crippen LogP contribution < -0.4 is 34.9 Å². The Morgan fingerprint density at radius 3 is 2.29 bits per heavy atom. The van der Waals surface area contributed by atoms with Crippen LogP contribution in [0.4, 0.5) is 19.3 Å². The van der Waals surface area contributed by atoms with Crippen molar-refractivity contribution in [3.05, 3.63) is 44.8 Å². The van der Waals surface area contributed by atoms with Gasteiger partial charge < -0.3 is 10.0 Å². The molecule has 8 nitrogen and oxygen atoms in total. The molecule has 0 saturated carbocycles. The molecule has 1 aromatic carbocycles. The minimum atomic E-state index is -4.39. The van der Waals surface area contributed by atoms with Crippen LogP contribution >= 0.6 is 0 Å². The molecule has 0 fully saturated rings. The number of aromatic nitrogens is 2. The minimum absolute atomic E-state index is 0. The first kappa shape index (κ1) is 28.0. The van der Waals surface area contributed by atoms with Crippen molar-refractivity contribution in [2.24, 2.45) is 0 Å². The maximum Gasteiger partial charge on any atom is 1.00 e. The van der Waals surface area contributed by atoms with Gasteiger partial charge in [0.2, 0.25) is 10.0 Å². The Labute approximate surface area is 227 Å². The Balaban J connectivity index is 0.00000342. The summed E-state index contributed by atoms with van der Waals surface area (Å²) >= 11 is 0. The van der Waals surface area contributed by atoms with Gasteiger partial charge in [0.05, 0.1) is 12.2 Å². The second-order valence-electron chi connectivity index (χ2n) is 9.33. The van der Waals surface area contributed by atoms with Crippen molar-refractivity contribution < 1.29 is 51.6 Å². The van der Waals surface area contributed by atoms with E-state index < -0.39 is 29.0 Å². The van der Waals surface area contributed by atoms with Crippen molar-refractivity contribution >= 4 is 21.7 Å². The number of alkyl halides is 2. The summed E-state index contributed by atoms with van der Waals surface area (Å²) in [4.78, 5) is 14.1. The van der Waals surface area contributed by atoms with Crippen LogP contribution in [-0.4, -0.2) is 49.1 Å². The van der Waals surface area contributed by atoms with Crippen molar-refractivity contribution in [3.8, 4) is 0 Å². The van der Waals surface area contributed by atoms with Gasteiger partial charge >= 0.3 is 29.6 Å². The number of fused-ring (bicyclic) bond motifs is 2. The third kappa shape index (κ3) is 6.25. The van der Waals surface area contributed by atoms with E-state index in [1.807, 2.05) is 0 Å². The van der Waals surface area contributed by atoms with Crippen molar-refractivity contribution in [1.29, 1.82) is 0 Å². The first-order valence-corrected chi connectivity index (χ1v) is 13.0. The van der Waals surface area contributed by atoms with Crippen molar-refractivity contribution in [2.75, 3.05) is 18.9 Å². The molecule has 1 aromatic heterocycles. The van der Waals surface area contributed by atoms with Gasteiger partial charge in [-0.05, 0) is 93.4 Å². The molecule has 0 aliphatic heterocycles. The van der Waals surface area contributed by atoms with E-state index in [2.05, 4.69) is 21.2 Å². The number of hydrogen-bond acceptors (Lipinski definition) is 5. The Kier molecular flexibility index (Phi) is 9.01. The van der Waals surface area contributed by atoms with Gasteiger partial charge in [-0.1, -0.05) is 6.07 Å². The molecule has 0 atom stereocenters. The maximum atomic E-state index is 12.9. The first-order chi connectivity index (χ1) is 16.0. The number of carbonyl (C=O) groups is 1. The number of sulfonamides is 1. The van der Waals surface area contributed by atoms with Crippen LogP contribution in [0.3, 0.4) is 0 Å². The number of anilines is 1. The summed E-state index contributed by atoms with van der Waals surface area (Å²) in [6.07, 6.45) is 3.10. The smallest absolute Gasteiger partial charge is 0.423 e. The van der Waals surface area contributed by atoms with E-state index in [1.165, 1.54) is 33.8 Å². The number of aryl methyl sites for hydroxylation is 2. The predicted molar refractivity (Wildman–Crippen MR) is 125 cm³/mol. The minimum Gasteiger partial charge on any atom is -0.423 e.